The maximum atomic E-state index is 13.2. The zero-order chi connectivity index (χ0) is 19.4. The molecule has 2 heterocycles. The number of amides is 2. The molecular weight excluding hydrogens is 349 g/mol. The summed E-state index contributed by atoms with van der Waals surface area (Å²) in [5.41, 5.74) is 6.67. The smallest absolute Gasteiger partial charge is 0.267 e. The van der Waals surface area contributed by atoms with Crippen molar-refractivity contribution in [3.05, 3.63) is 77.6 Å². The van der Waals surface area contributed by atoms with Gasteiger partial charge in [0.1, 0.15) is 5.82 Å². The van der Waals surface area contributed by atoms with Gasteiger partial charge in [-0.25, -0.2) is 9.07 Å². The fourth-order valence-electron chi connectivity index (χ4n) is 2.63. The van der Waals surface area contributed by atoms with Crippen LogP contribution in [0.3, 0.4) is 0 Å². The molecule has 0 atom stereocenters. The minimum atomic E-state index is -0.496. The molecule has 3 rings (SSSR count). The number of nitrogens with one attached hydrogen (secondary N) is 2. The van der Waals surface area contributed by atoms with Crippen molar-refractivity contribution in [3.63, 3.8) is 0 Å². The Morgan fingerprint density at radius 3 is 2.37 bits per heavy atom. The monoisotopic (exact) mass is 367 g/mol. The van der Waals surface area contributed by atoms with E-state index in [9.17, 15) is 14.0 Å². The molecular formula is C19H18FN5O2. The van der Waals surface area contributed by atoms with Gasteiger partial charge in [0.2, 0.25) is 0 Å². The van der Waals surface area contributed by atoms with Gasteiger partial charge in [0.15, 0.2) is 0 Å². The fraction of sp³-hybridized carbons (Fsp3) is 0.158. The molecule has 0 spiro atoms. The lowest BCUT2D eigenvalue weighted by atomic mass is 10.1. The van der Waals surface area contributed by atoms with Gasteiger partial charge in [-0.1, -0.05) is 13.8 Å². The van der Waals surface area contributed by atoms with Crippen LogP contribution in [0.2, 0.25) is 0 Å². The summed E-state index contributed by atoms with van der Waals surface area (Å²) < 4.78 is 14.8. The summed E-state index contributed by atoms with van der Waals surface area (Å²) in [5.74, 6) is -1.36. The Labute approximate surface area is 155 Å². The summed E-state index contributed by atoms with van der Waals surface area (Å²) in [6.07, 6.45) is 4.37. The number of carbonyl (C=O) groups is 2. The summed E-state index contributed by atoms with van der Waals surface area (Å²) in [4.78, 5) is 28.4. The van der Waals surface area contributed by atoms with Gasteiger partial charge in [0.25, 0.3) is 11.8 Å². The van der Waals surface area contributed by atoms with E-state index >= 15 is 0 Å². The SMILES string of the molecule is CC(C)c1c(C(=O)NNC(=O)c2cccnc2)cnn1-c1ccc(F)cc1. The first-order valence-corrected chi connectivity index (χ1v) is 8.32. The molecule has 27 heavy (non-hydrogen) atoms. The first-order chi connectivity index (χ1) is 13.0. The Morgan fingerprint density at radius 2 is 1.74 bits per heavy atom. The van der Waals surface area contributed by atoms with Crippen LogP contribution < -0.4 is 10.9 Å². The summed E-state index contributed by atoms with van der Waals surface area (Å²) >= 11 is 0. The topological polar surface area (TPSA) is 88.9 Å². The van der Waals surface area contributed by atoms with Crippen molar-refractivity contribution in [1.29, 1.82) is 0 Å². The predicted molar refractivity (Wildman–Crippen MR) is 96.8 cm³/mol. The fourth-order valence-corrected chi connectivity index (χ4v) is 2.63. The average Bonchev–Trinajstić information content (AvgIpc) is 3.12. The van der Waals surface area contributed by atoms with E-state index in [4.69, 9.17) is 0 Å². The zero-order valence-corrected chi connectivity index (χ0v) is 14.8. The number of hydrogen-bond acceptors (Lipinski definition) is 4. The van der Waals surface area contributed by atoms with Gasteiger partial charge in [-0.3, -0.25) is 25.4 Å². The van der Waals surface area contributed by atoms with Gasteiger partial charge < -0.3 is 0 Å². The van der Waals surface area contributed by atoms with E-state index in [-0.39, 0.29) is 11.7 Å². The van der Waals surface area contributed by atoms with Gasteiger partial charge >= 0.3 is 0 Å². The third-order valence-corrected chi connectivity index (χ3v) is 3.88. The van der Waals surface area contributed by atoms with Gasteiger partial charge in [-0.2, -0.15) is 5.10 Å². The van der Waals surface area contributed by atoms with Crippen molar-refractivity contribution in [2.75, 3.05) is 0 Å². The first kappa shape index (κ1) is 18.2. The maximum absolute atomic E-state index is 13.2. The minimum Gasteiger partial charge on any atom is -0.267 e. The minimum absolute atomic E-state index is 0.0349. The Kier molecular flexibility index (Phi) is 5.25. The zero-order valence-electron chi connectivity index (χ0n) is 14.8. The van der Waals surface area contributed by atoms with Gasteiger partial charge in [-0.05, 0) is 42.3 Å². The third-order valence-electron chi connectivity index (χ3n) is 3.88. The molecule has 2 aromatic heterocycles. The van der Waals surface area contributed by atoms with Gasteiger partial charge in [0.05, 0.1) is 28.7 Å². The van der Waals surface area contributed by atoms with Gasteiger partial charge in [0, 0.05) is 12.4 Å². The van der Waals surface area contributed by atoms with E-state index in [0.29, 0.717) is 22.5 Å². The molecule has 2 N–H and O–H groups in total. The first-order valence-electron chi connectivity index (χ1n) is 8.32. The van der Waals surface area contributed by atoms with Crippen LogP contribution in [0.15, 0.2) is 55.0 Å². The maximum Gasteiger partial charge on any atom is 0.273 e. The number of pyridine rings is 1. The van der Waals surface area contributed by atoms with Crippen molar-refractivity contribution in [2.24, 2.45) is 0 Å². The molecule has 8 heteroatoms. The number of benzene rings is 1. The number of rotatable bonds is 4. The van der Waals surface area contributed by atoms with E-state index in [1.807, 2.05) is 13.8 Å². The highest BCUT2D eigenvalue weighted by Crippen LogP contribution is 2.23. The van der Waals surface area contributed by atoms with Crippen molar-refractivity contribution in [1.82, 2.24) is 25.6 Å². The average molecular weight is 367 g/mol. The van der Waals surface area contributed by atoms with Crippen molar-refractivity contribution >= 4 is 11.8 Å². The third kappa shape index (κ3) is 4.00. The molecule has 0 aliphatic heterocycles. The van der Waals surface area contributed by atoms with Crippen LogP contribution in [-0.4, -0.2) is 26.6 Å². The van der Waals surface area contributed by atoms with Crippen molar-refractivity contribution in [3.8, 4) is 5.69 Å². The highest BCUT2D eigenvalue weighted by atomic mass is 19.1. The summed E-state index contributed by atoms with van der Waals surface area (Å²) in [7, 11) is 0. The molecule has 0 saturated heterocycles. The summed E-state index contributed by atoms with van der Waals surface area (Å²) in [6, 6.07) is 9.03. The lowest BCUT2D eigenvalue weighted by molar-refractivity contribution is 0.0845. The second kappa shape index (κ2) is 7.77. The molecule has 3 aromatic rings. The molecule has 0 aliphatic carbocycles. The molecule has 1 aromatic carbocycles. The molecule has 0 fully saturated rings. The molecule has 0 unspecified atom stereocenters. The van der Waals surface area contributed by atoms with E-state index in [2.05, 4.69) is 20.9 Å². The number of hydrogen-bond donors (Lipinski definition) is 2. The number of hydrazine groups is 1. The molecule has 7 nitrogen and oxygen atoms in total. The Balaban J connectivity index is 1.80. The number of aromatic nitrogens is 3. The Morgan fingerprint density at radius 1 is 1.04 bits per heavy atom. The van der Waals surface area contributed by atoms with Crippen molar-refractivity contribution < 1.29 is 14.0 Å². The van der Waals surface area contributed by atoms with Crippen LogP contribution in [0.1, 0.15) is 46.2 Å². The molecule has 0 radical (unpaired) electrons. The lowest BCUT2D eigenvalue weighted by Gasteiger charge is -2.13. The lowest BCUT2D eigenvalue weighted by Crippen LogP contribution is -2.42. The normalized spacial score (nSPS) is 10.7. The summed E-state index contributed by atoms with van der Waals surface area (Å²) in [6.45, 7) is 3.84. The van der Waals surface area contributed by atoms with Crippen LogP contribution in [-0.2, 0) is 0 Å². The number of carbonyl (C=O) groups excluding carboxylic acids is 2. The van der Waals surface area contributed by atoms with Crippen LogP contribution in [0.5, 0.6) is 0 Å². The summed E-state index contributed by atoms with van der Waals surface area (Å²) in [5, 5.41) is 4.25. The van der Waals surface area contributed by atoms with Crippen LogP contribution in [0.4, 0.5) is 4.39 Å². The Bertz CT molecular complexity index is 952. The molecule has 0 aliphatic rings. The second-order valence-corrected chi connectivity index (χ2v) is 6.14. The van der Waals surface area contributed by atoms with E-state index in [1.165, 1.54) is 24.5 Å². The van der Waals surface area contributed by atoms with Crippen LogP contribution in [0.25, 0.3) is 5.69 Å². The molecule has 138 valence electrons. The molecule has 0 saturated carbocycles. The standard InChI is InChI=1S/C19H18FN5O2/c1-12(2)17-16(11-22-25(17)15-7-5-14(20)6-8-15)19(27)24-23-18(26)13-4-3-9-21-10-13/h3-12H,1-2H3,(H,23,26)(H,24,27). The second-order valence-electron chi connectivity index (χ2n) is 6.14. The highest BCUT2D eigenvalue weighted by molar-refractivity contribution is 5.99. The van der Waals surface area contributed by atoms with E-state index in [0.717, 1.165) is 0 Å². The predicted octanol–water partition coefficient (Wildman–Crippen LogP) is 2.60. The molecule has 0 bridgehead atoms. The van der Waals surface area contributed by atoms with Crippen molar-refractivity contribution in [2.45, 2.75) is 19.8 Å². The van der Waals surface area contributed by atoms with Gasteiger partial charge in [-0.15, -0.1) is 0 Å². The van der Waals surface area contributed by atoms with Crippen LogP contribution >= 0.6 is 0 Å². The number of nitrogens with zero attached hydrogens (tertiary/aromatic N) is 3. The molecule has 2 amide bonds. The quantitative estimate of drug-likeness (QED) is 0.694. The van der Waals surface area contributed by atoms with E-state index < -0.39 is 11.8 Å². The largest absolute Gasteiger partial charge is 0.273 e. The Hall–Kier alpha value is -3.55. The van der Waals surface area contributed by atoms with E-state index in [1.54, 1.807) is 35.1 Å². The number of halogens is 1. The van der Waals surface area contributed by atoms with Crippen LogP contribution in [0, 0.1) is 5.82 Å². The highest BCUT2D eigenvalue weighted by Gasteiger charge is 2.21.